The summed E-state index contributed by atoms with van der Waals surface area (Å²) in [6.45, 7) is 2.19. The Labute approximate surface area is 218 Å². The van der Waals surface area contributed by atoms with Crippen LogP contribution >= 0.6 is 0 Å². The molecule has 0 aliphatic heterocycles. The van der Waals surface area contributed by atoms with Crippen molar-refractivity contribution in [1.29, 1.82) is 0 Å². The first kappa shape index (κ1) is 24.2. The summed E-state index contributed by atoms with van der Waals surface area (Å²) in [5.41, 5.74) is 2.13. The van der Waals surface area contributed by atoms with E-state index in [0.717, 1.165) is 19.3 Å². The number of ether oxygens (including phenoxy) is 1. The molecule has 7 rings (SSSR count). The van der Waals surface area contributed by atoms with Crippen molar-refractivity contribution in [2.75, 3.05) is 13.7 Å². The molecule has 3 fully saturated rings. The summed E-state index contributed by atoms with van der Waals surface area (Å²) >= 11 is 0. The van der Waals surface area contributed by atoms with Crippen LogP contribution in [0.5, 0.6) is 5.75 Å². The molecule has 38 heavy (non-hydrogen) atoms. The Bertz CT molecular complexity index is 1580. The van der Waals surface area contributed by atoms with Crippen LogP contribution in [0.2, 0.25) is 0 Å². The highest BCUT2D eigenvalue weighted by Gasteiger charge is 2.57. The molecule has 8 heteroatoms. The predicted octanol–water partition coefficient (Wildman–Crippen LogP) is 6.09. The second-order valence-electron chi connectivity index (χ2n) is 10.1. The summed E-state index contributed by atoms with van der Waals surface area (Å²) in [7, 11) is 1.52. The number of furan rings is 1. The van der Waals surface area contributed by atoms with E-state index in [-0.39, 0.29) is 28.3 Å². The van der Waals surface area contributed by atoms with E-state index < -0.39 is 17.5 Å². The van der Waals surface area contributed by atoms with E-state index in [1.54, 1.807) is 30.3 Å². The minimum atomic E-state index is -0.607. The molecule has 194 valence electrons. The molecular formula is C30H26F2N2O4. The van der Waals surface area contributed by atoms with Crippen molar-refractivity contribution in [2.45, 2.75) is 31.7 Å². The zero-order valence-electron chi connectivity index (χ0n) is 21.0. The molecule has 3 aliphatic carbocycles. The molecule has 0 spiro atoms. The van der Waals surface area contributed by atoms with Gasteiger partial charge in [-0.3, -0.25) is 9.59 Å². The van der Waals surface area contributed by atoms with E-state index >= 15 is 0 Å². The lowest BCUT2D eigenvalue weighted by atomic mass is 9.50. The monoisotopic (exact) mass is 516 g/mol. The third-order valence-corrected chi connectivity index (χ3v) is 7.59. The van der Waals surface area contributed by atoms with Crippen molar-refractivity contribution in [3.8, 4) is 28.2 Å². The van der Waals surface area contributed by atoms with Gasteiger partial charge in [0.25, 0.3) is 11.8 Å². The lowest BCUT2D eigenvalue weighted by molar-refractivity contribution is -0.0439. The third kappa shape index (κ3) is 3.91. The summed E-state index contributed by atoms with van der Waals surface area (Å²) in [4.78, 5) is 26.0. The lowest BCUT2D eigenvalue weighted by Gasteiger charge is -2.61. The predicted molar refractivity (Wildman–Crippen MR) is 139 cm³/mol. The number of benzene rings is 3. The molecule has 2 bridgehead atoms. The van der Waals surface area contributed by atoms with E-state index in [1.165, 1.54) is 31.3 Å². The summed E-state index contributed by atoms with van der Waals surface area (Å²) < 4.78 is 40.4. The summed E-state index contributed by atoms with van der Waals surface area (Å²) in [5, 5.41) is 6.16. The van der Waals surface area contributed by atoms with Gasteiger partial charge in [0.15, 0.2) is 0 Å². The van der Waals surface area contributed by atoms with Crippen LogP contribution in [-0.4, -0.2) is 31.0 Å². The molecule has 0 radical (unpaired) electrons. The normalized spacial score (nSPS) is 19.4. The van der Waals surface area contributed by atoms with Crippen molar-refractivity contribution in [2.24, 2.45) is 5.92 Å². The first-order valence-electron chi connectivity index (χ1n) is 12.6. The van der Waals surface area contributed by atoms with Crippen LogP contribution in [0.15, 0.2) is 59.0 Å². The van der Waals surface area contributed by atoms with Gasteiger partial charge in [-0.1, -0.05) is 6.07 Å². The van der Waals surface area contributed by atoms with Gasteiger partial charge >= 0.3 is 0 Å². The van der Waals surface area contributed by atoms with Crippen molar-refractivity contribution >= 4 is 22.8 Å². The fourth-order valence-corrected chi connectivity index (χ4v) is 5.59. The fraction of sp³-hybridized carbons (Fsp3) is 0.267. The van der Waals surface area contributed by atoms with Crippen molar-refractivity contribution in [3.05, 3.63) is 77.4 Å². The maximum atomic E-state index is 14.8. The van der Waals surface area contributed by atoms with Gasteiger partial charge in [-0.2, -0.15) is 0 Å². The second-order valence-corrected chi connectivity index (χ2v) is 10.1. The molecular weight excluding hydrogens is 490 g/mol. The van der Waals surface area contributed by atoms with Crippen LogP contribution in [0.1, 0.15) is 46.9 Å². The molecule has 1 heterocycles. The first-order valence-corrected chi connectivity index (χ1v) is 12.6. The maximum Gasteiger partial charge on any atom is 0.255 e. The highest BCUT2D eigenvalue weighted by molar-refractivity contribution is 6.12. The van der Waals surface area contributed by atoms with Gasteiger partial charge in [0, 0.05) is 35.2 Å². The molecule has 0 unspecified atom stereocenters. The molecule has 3 aromatic carbocycles. The third-order valence-electron chi connectivity index (χ3n) is 7.59. The van der Waals surface area contributed by atoms with Crippen LogP contribution < -0.4 is 15.4 Å². The van der Waals surface area contributed by atoms with Gasteiger partial charge < -0.3 is 19.8 Å². The molecule has 0 atom stereocenters. The number of rotatable bonds is 7. The number of hydrogen-bond donors (Lipinski definition) is 2. The van der Waals surface area contributed by atoms with Gasteiger partial charge in [0.2, 0.25) is 0 Å². The van der Waals surface area contributed by atoms with E-state index in [4.69, 9.17) is 9.15 Å². The quantitative estimate of drug-likeness (QED) is 0.312. The molecule has 4 aromatic rings. The minimum absolute atomic E-state index is 0.0412. The molecule has 1 aromatic heterocycles. The van der Waals surface area contributed by atoms with E-state index in [2.05, 4.69) is 10.6 Å². The molecule has 2 N–H and O–H groups in total. The molecule has 6 nitrogen and oxygen atoms in total. The summed E-state index contributed by atoms with van der Waals surface area (Å²) in [6, 6.07) is 13.5. The van der Waals surface area contributed by atoms with Crippen LogP contribution in [0.25, 0.3) is 33.4 Å². The molecule has 3 saturated carbocycles. The maximum absolute atomic E-state index is 14.8. The minimum Gasteiger partial charge on any atom is -0.493 e. The van der Waals surface area contributed by atoms with Gasteiger partial charge in [0.1, 0.15) is 28.7 Å². The zero-order valence-corrected chi connectivity index (χ0v) is 21.0. The Kier molecular flexibility index (Phi) is 5.70. The SMILES string of the molecule is CCOc1cc2oc(-c3ccc(F)cc3)c(C(=O)NC)c2cc1-c1ccc(F)c(C(=O)NC23CC(C2)C3)c1. The van der Waals surface area contributed by atoms with Crippen LogP contribution in [-0.2, 0) is 0 Å². The molecule has 3 aliphatic rings. The second kappa shape index (κ2) is 8.97. The van der Waals surface area contributed by atoms with E-state index in [9.17, 15) is 18.4 Å². The van der Waals surface area contributed by atoms with Crippen LogP contribution in [0.3, 0.4) is 0 Å². The van der Waals surface area contributed by atoms with Crippen molar-refractivity contribution < 1.29 is 27.5 Å². The number of nitrogens with one attached hydrogen (secondary N) is 2. The number of fused-ring (bicyclic) bond motifs is 1. The molecule has 0 saturated heterocycles. The topological polar surface area (TPSA) is 80.6 Å². The Morgan fingerprint density at radius 3 is 2.34 bits per heavy atom. The molecule has 2 amide bonds. The average molecular weight is 517 g/mol. The number of carbonyl (C=O) groups is 2. The Hall–Kier alpha value is -4.20. The summed E-state index contributed by atoms with van der Waals surface area (Å²) in [6.07, 6.45) is 2.85. The van der Waals surface area contributed by atoms with Crippen molar-refractivity contribution in [3.63, 3.8) is 0 Å². The van der Waals surface area contributed by atoms with E-state index in [1.807, 2.05) is 6.92 Å². The fourth-order valence-electron chi connectivity index (χ4n) is 5.59. The number of hydrogen-bond acceptors (Lipinski definition) is 4. The van der Waals surface area contributed by atoms with Gasteiger partial charge in [-0.05, 0) is 80.1 Å². The Balaban J connectivity index is 1.48. The highest BCUT2D eigenvalue weighted by atomic mass is 19.1. The Morgan fingerprint density at radius 2 is 1.71 bits per heavy atom. The van der Waals surface area contributed by atoms with Crippen LogP contribution in [0, 0.1) is 17.6 Å². The number of halogens is 2. The lowest BCUT2D eigenvalue weighted by Crippen LogP contribution is -2.68. The number of carbonyl (C=O) groups excluding carboxylic acids is 2. The van der Waals surface area contributed by atoms with Gasteiger partial charge in [0.05, 0.1) is 17.7 Å². The Morgan fingerprint density at radius 1 is 1.00 bits per heavy atom. The van der Waals surface area contributed by atoms with Crippen molar-refractivity contribution in [1.82, 2.24) is 10.6 Å². The summed E-state index contributed by atoms with van der Waals surface area (Å²) in [5.74, 6) is -0.402. The first-order chi connectivity index (χ1) is 18.3. The van der Waals surface area contributed by atoms with Gasteiger partial charge in [-0.25, -0.2) is 8.78 Å². The largest absolute Gasteiger partial charge is 0.493 e. The average Bonchev–Trinajstić information content (AvgIpc) is 3.23. The zero-order chi connectivity index (χ0) is 26.6. The standard InChI is InChI=1S/C30H26F2N2O4/c1-3-37-24-12-25-22(26(29(36)33-2)27(38-25)17-4-7-19(31)8-5-17)11-20(24)18-6-9-23(32)21(10-18)28(35)34-30-13-16(14-30)15-30/h4-12,16H,3,13-15H2,1-2H3,(H,33,36)(H,34,35). The highest BCUT2D eigenvalue weighted by Crippen LogP contribution is 2.57. The number of amides is 2. The van der Waals surface area contributed by atoms with E-state index in [0.29, 0.717) is 45.9 Å². The van der Waals surface area contributed by atoms with Crippen LogP contribution in [0.4, 0.5) is 8.78 Å². The smallest absolute Gasteiger partial charge is 0.255 e. The van der Waals surface area contributed by atoms with Gasteiger partial charge in [-0.15, -0.1) is 0 Å².